The van der Waals surface area contributed by atoms with Crippen LogP contribution in [0.5, 0.6) is 5.88 Å². The minimum absolute atomic E-state index is 0.157. The molecule has 0 bridgehead atoms. The van der Waals surface area contributed by atoms with Gasteiger partial charge in [0.15, 0.2) is 5.78 Å². The van der Waals surface area contributed by atoms with E-state index in [0.29, 0.717) is 12.5 Å². The summed E-state index contributed by atoms with van der Waals surface area (Å²) < 4.78 is 6.29. The molecule has 3 heterocycles. The van der Waals surface area contributed by atoms with Crippen LogP contribution in [0.3, 0.4) is 0 Å². The molecule has 0 radical (unpaired) electrons. The maximum Gasteiger partial charge on any atom is 0.313 e. The maximum absolute atomic E-state index is 13.2. The molecule has 2 amide bonds. The van der Waals surface area contributed by atoms with Crippen LogP contribution in [0, 0.1) is 5.92 Å². The molecule has 2 atom stereocenters. The molecule has 2 aromatic heterocycles. The van der Waals surface area contributed by atoms with Gasteiger partial charge in [-0.3, -0.25) is 14.4 Å². The van der Waals surface area contributed by atoms with E-state index in [-0.39, 0.29) is 29.0 Å². The largest absolute Gasteiger partial charge is 0.480 e. The number of piperidine rings is 1. The van der Waals surface area contributed by atoms with E-state index in [0.717, 1.165) is 23.8 Å². The first kappa shape index (κ1) is 22.0. The number of methoxy groups -OCH3 is 1. The molecule has 4 rings (SSSR count). The summed E-state index contributed by atoms with van der Waals surface area (Å²) in [5.41, 5.74) is 1.55. The number of amides is 2. The third-order valence-corrected chi connectivity index (χ3v) is 6.71. The van der Waals surface area contributed by atoms with Gasteiger partial charge in [0.2, 0.25) is 5.88 Å². The molecule has 32 heavy (non-hydrogen) atoms. The highest BCUT2D eigenvalue weighted by atomic mass is 32.1. The van der Waals surface area contributed by atoms with E-state index >= 15 is 0 Å². The number of ketones is 1. The molecule has 0 unspecified atom stereocenters. The average molecular weight is 452 g/mol. The normalized spacial score (nSPS) is 18.4. The topological polar surface area (TPSA) is 88.6 Å². The zero-order chi connectivity index (χ0) is 22.8. The van der Waals surface area contributed by atoms with Crippen molar-refractivity contribution in [3.8, 4) is 5.88 Å². The monoisotopic (exact) mass is 451 g/mol. The van der Waals surface area contributed by atoms with Crippen LogP contribution in [0.1, 0.15) is 48.7 Å². The second kappa shape index (κ2) is 9.08. The van der Waals surface area contributed by atoms with Gasteiger partial charge in [0, 0.05) is 11.2 Å². The molecule has 1 N–H and O–H groups in total. The van der Waals surface area contributed by atoms with Crippen LogP contribution in [0.15, 0.2) is 41.9 Å². The Hall–Kier alpha value is -3.26. The van der Waals surface area contributed by atoms with Crippen LogP contribution in [-0.2, 0) is 9.59 Å². The summed E-state index contributed by atoms with van der Waals surface area (Å²) in [7, 11) is 1.42. The van der Waals surface area contributed by atoms with Crippen LogP contribution in [0.25, 0.3) is 10.1 Å². The van der Waals surface area contributed by atoms with Gasteiger partial charge in [0.1, 0.15) is 0 Å². The number of rotatable bonds is 4. The van der Waals surface area contributed by atoms with Crippen molar-refractivity contribution in [3.05, 3.63) is 53.0 Å². The van der Waals surface area contributed by atoms with Gasteiger partial charge in [-0.15, -0.1) is 11.3 Å². The second-order valence-corrected chi connectivity index (χ2v) is 9.11. The fraction of sp³-hybridized carbons (Fsp3) is 0.333. The third kappa shape index (κ3) is 4.36. The first-order chi connectivity index (χ1) is 15.4. The zero-order valence-electron chi connectivity index (χ0n) is 18.3. The van der Waals surface area contributed by atoms with E-state index in [2.05, 4.69) is 35.4 Å². The van der Waals surface area contributed by atoms with Gasteiger partial charge in [0.05, 0.1) is 30.6 Å². The fourth-order valence-corrected chi connectivity index (χ4v) is 4.94. The van der Waals surface area contributed by atoms with Gasteiger partial charge >= 0.3 is 11.8 Å². The Kier molecular flexibility index (Phi) is 6.23. The van der Waals surface area contributed by atoms with Gasteiger partial charge in [0.25, 0.3) is 0 Å². The van der Waals surface area contributed by atoms with Crippen LogP contribution >= 0.6 is 11.3 Å². The summed E-state index contributed by atoms with van der Waals surface area (Å²) in [6.45, 7) is 3.99. The molecule has 0 spiro atoms. The van der Waals surface area contributed by atoms with Crippen LogP contribution < -0.4 is 10.1 Å². The van der Waals surface area contributed by atoms with Gasteiger partial charge in [-0.25, -0.2) is 4.98 Å². The first-order valence-electron chi connectivity index (χ1n) is 10.5. The van der Waals surface area contributed by atoms with Crippen molar-refractivity contribution < 1.29 is 19.1 Å². The highest BCUT2D eigenvalue weighted by molar-refractivity contribution is 7.17. The Bertz CT molecular complexity index is 1190. The van der Waals surface area contributed by atoms with Crippen LogP contribution in [-0.4, -0.2) is 41.1 Å². The van der Waals surface area contributed by atoms with E-state index in [1.165, 1.54) is 31.0 Å². The number of benzene rings is 1. The van der Waals surface area contributed by atoms with Crippen molar-refractivity contribution in [3.63, 3.8) is 0 Å². The quantitative estimate of drug-likeness (QED) is 0.468. The third-order valence-electron chi connectivity index (χ3n) is 5.82. The lowest BCUT2D eigenvalue weighted by Gasteiger charge is -2.38. The summed E-state index contributed by atoms with van der Waals surface area (Å²) in [4.78, 5) is 43.6. The molecule has 1 aliphatic rings. The number of anilines is 1. The fourth-order valence-electron chi connectivity index (χ4n) is 4.17. The van der Waals surface area contributed by atoms with Gasteiger partial charge in [-0.2, -0.15) is 0 Å². The van der Waals surface area contributed by atoms with E-state index < -0.39 is 11.8 Å². The molecule has 0 aliphatic carbocycles. The van der Waals surface area contributed by atoms with Crippen LogP contribution in [0.4, 0.5) is 5.69 Å². The first-order valence-corrected chi connectivity index (χ1v) is 11.4. The predicted octanol–water partition coefficient (Wildman–Crippen LogP) is 4.45. The predicted molar refractivity (Wildman–Crippen MR) is 124 cm³/mol. The molecule has 0 saturated carbocycles. The molecule has 1 saturated heterocycles. The highest BCUT2D eigenvalue weighted by Crippen LogP contribution is 2.35. The highest BCUT2D eigenvalue weighted by Gasteiger charge is 2.34. The number of carbonyl (C=O) groups excluding carboxylic acids is 3. The lowest BCUT2D eigenvalue weighted by Crippen LogP contribution is -2.46. The van der Waals surface area contributed by atoms with Crippen molar-refractivity contribution in [1.82, 2.24) is 9.88 Å². The Labute approximate surface area is 190 Å². The van der Waals surface area contributed by atoms with Crippen molar-refractivity contribution in [2.45, 2.75) is 32.7 Å². The van der Waals surface area contributed by atoms with Gasteiger partial charge in [-0.1, -0.05) is 13.0 Å². The SMILES string of the molecule is COc1ncc(NC(=O)C(=O)N2C[C@H](C)CC[C@H]2c2ccc3sccc3c2)cc1C(C)=O. The molecular weight excluding hydrogens is 426 g/mol. The molecule has 8 heteroatoms. The number of Topliss-reactive ketones (excluding diaryl/α,β-unsaturated/α-hetero) is 1. The lowest BCUT2D eigenvalue weighted by molar-refractivity contribution is -0.146. The van der Waals surface area contributed by atoms with Crippen molar-refractivity contribution in [2.24, 2.45) is 5.92 Å². The maximum atomic E-state index is 13.2. The van der Waals surface area contributed by atoms with Crippen LogP contribution in [0.2, 0.25) is 0 Å². The Morgan fingerprint density at radius 3 is 2.75 bits per heavy atom. The summed E-state index contributed by atoms with van der Waals surface area (Å²) >= 11 is 1.68. The molecule has 7 nitrogen and oxygen atoms in total. The molecule has 3 aromatic rings. The number of fused-ring (bicyclic) bond motifs is 1. The Morgan fingerprint density at radius 2 is 2.00 bits per heavy atom. The van der Waals surface area contributed by atoms with Gasteiger partial charge < -0.3 is 15.0 Å². The number of nitrogens with one attached hydrogen (secondary N) is 1. The summed E-state index contributed by atoms with van der Waals surface area (Å²) in [5.74, 6) is -1.10. The number of hydrogen-bond donors (Lipinski definition) is 1. The average Bonchev–Trinajstić information content (AvgIpc) is 3.26. The lowest BCUT2D eigenvalue weighted by atomic mass is 9.89. The molecule has 166 valence electrons. The standard InChI is InChI=1S/C24H25N3O4S/c1-14-4-6-20(16-5-7-21-17(10-16)8-9-32-21)27(13-14)24(30)22(29)26-18-11-19(15(2)28)23(31-3)25-12-18/h5,7-12,14,20H,4,6,13H2,1-3H3,(H,26,29)/t14-,20+/m1/s1. The minimum atomic E-state index is -0.748. The number of pyridine rings is 1. The number of nitrogens with zero attached hydrogens (tertiary/aromatic N) is 2. The number of thiophene rings is 1. The number of carbonyl (C=O) groups is 3. The molecule has 1 aromatic carbocycles. The number of hydrogen-bond acceptors (Lipinski definition) is 6. The number of aromatic nitrogens is 1. The van der Waals surface area contributed by atoms with E-state index in [9.17, 15) is 14.4 Å². The summed E-state index contributed by atoms with van der Waals surface area (Å²) in [6, 6.07) is 9.61. The Balaban J connectivity index is 1.57. The zero-order valence-corrected chi connectivity index (χ0v) is 19.1. The van der Waals surface area contributed by atoms with Crippen molar-refractivity contribution >= 4 is 44.7 Å². The van der Waals surface area contributed by atoms with Crippen molar-refractivity contribution in [1.29, 1.82) is 0 Å². The van der Waals surface area contributed by atoms with E-state index in [1.54, 1.807) is 16.2 Å². The molecule has 1 fully saturated rings. The van der Waals surface area contributed by atoms with E-state index in [4.69, 9.17) is 4.74 Å². The smallest absolute Gasteiger partial charge is 0.313 e. The van der Waals surface area contributed by atoms with E-state index in [1.807, 2.05) is 11.4 Å². The molecule has 1 aliphatic heterocycles. The summed E-state index contributed by atoms with van der Waals surface area (Å²) in [6.07, 6.45) is 3.16. The second-order valence-electron chi connectivity index (χ2n) is 8.16. The molecular formula is C24H25N3O4S. The Morgan fingerprint density at radius 1 is 1.19 bits per heavy atom. The van der Waals surface area contributed by atoms with Gasteiger partial charge in [-0.05, 0) is 66.3 Å². The van der Waals surface area contributed by atoms with Crippen molar-refractivity contribution in [2.75, 3.05) is 19.0 Å². The number of ether oxygens (including phenoxy) is 1. The minimum Gasteiger partial charge on any atom is -0.480 e. The number of likely N-dealkylation sites (tertiary alicyclic amines) is 1. The summed E-state index contributed by atoms with van der Waals surface area (Å²) in [5, 5.41) is 5.79.